The Labute approximate surface area is 123 Å². The van der Waals surface area contributed by atoms with Crippen LogP contribution in [0, 0.1) is 0 Å². The minimum atomic E-state index is -0.181. The first-order valence-corrected chi connectivity index (χ1v) is 6.76. The van der Waals surface area contributed by atoms with Gasteiger partial charge in [-0.05, 0) is 25.5 Å². The monoisotopic (exact) mass is 304 g/mol. The van der Waals surface area contributed by atoms with Gasteiger partial charge in [-0.3, -0.25) is 4.79 Å². The number of methoxy groups -OCH3 is 1. The molecule has 1 aromatic carbocycles. The van der Waals surface area contributed by atoms with Crippen molar-refractivity contribution in [1.82, 2.24) is 5.32 Å². The van der Waals surface area contributed by atoms with Gasteiger partial charge in [0, 0.05) is 19.8 Å². The van der Waals surface area contributed by atoms with E-state index in [1.807, 2.05) is 6.92 Å². The van der Waals surface area contributed by atoms with Gasteiger partial charge in [0.25, 0.3) is 0 Å². The van der Waals surface area contributed by atoms with Crippen LogP contribution in [0.2, 0.25) is 10.0 Å². The van der Waals surface area contributed by atoms with E-state index in [1.165, 1.54) is 0 Å². The number of ether oxygens (including phenoxy) is 1. The van der Waals surface area contributed by atoms with Crippen molar-refractivity contribution in [3.05, 3.63) is 28.2 Å². The van der Waals surface area contributed by atoms with E-state index in [0.29, 0.717) is 22.3 Å². The first-order chi connectivity index (χ1) is 9.04. The summed E-state index contributed by atoms with van der Waals surface area (Å²) >= 11 is 11.9. The van der Waals surface area contributed by atoms with E-state index in [4.69, 9.17) is 27.9 Å². The summed E-state index contributed by atoms with van der Waals surface area (Å²) < 4.78 is 4.97. The normalized spacial score (nSPS) is 12.2. The number of hydrogen-bond acceptors (Lipinski definition) is 3. The molecule has 0 aliphatic heterocycles. The number of benzene rings is 1. The molecule has 1 rings (SSSR count). The van der Waals surface area contributed by atoms with E-state index < -0.39 is 0 Å². The molecule has 19 heavy (non-hydrogen) atoms. The maximum atomic E-state index is 11.8. The van der Waals surface area contributed by atoms with Crippen LogP contribution in [0.4, 0.5) is 5.69 Å². The van der Waals surface area contributed by atoms with Crippen LogP contribution in [0.25, 0.3) is 0 Å². The molecule has 0 aromatic heterocycles. The van der Waals surface area contributed by atoms with Crippen molar-refractivity contribution >= 4 is 34.8 Å². The second-order valence-corrected chi connectivity index (χ2v) is 5.02. The average Bonchev–Trinajstić information content (AvgIpc) is 2.38. The van der Waals surface area contributed by atoms with Gasteiger partial charge in [-0.15, -0.1) is 0 Å². The van der Waals surface area contributed by atoms with Crippen molar-refractivity contribution in [2.24, 2.45) is 0 Å². The lowest BCUT2D eigenvalue weighted by molar-refractivity contribution is -0.115. The maximum absolute atomic E-state index is 11.8. The number of hydrogen-bond donors (Lipinski definition) is 2. The van der Waals surface area contributed by atoms with Gasteiger partial charge in [0.15, 0.2) is 0 Å². The zero-order valence-corrected chi connectivity index (χ0v) is 12.5. The van der Waals surface area contributed by atoms with Crippen LogP contribution in [-0.4, -0.2) is 32.2 Å². The molecule has 0 bridgehead atoms. The fourth-order valence-electron chi connectivity index (χ4n) is 1.46. The van der Waals surface area contributed by atoms with Crippen molar-refractivity contribution < 1.29 is 9.53 Å². The number of halogens is 2. The van der Waals surface area contributed by atoms with Crippen molar-refractivity contribution in [3.63, 3.8) is 0 Å². The lowest BCUT2D eigenvalue weighted by atomic mass is 10.2. The van der Waals surface area contributed by atoms with Crippen molar-refractivity contribution in [2.45, 2.75) is 19.4 Å². The number of carbonyl (C=O) groups excluding carboxylic acids is 1. The summed E-state index contributed by atoms with van der Waals surface area (Å²) in [5, 5.41) is 6.64. The third kappa shape index (κ3) is 5.78. The highest BCUT2D eigenvalue weighted by molar-refractivity contribution is 6.39. The summed E-state index contributed by atoms with van der Waals surface area (Å²) in [5.41, 5.74) is 0.446. The molecule has 0 fully saturated rings. The fraction of sp³-hybridized carbons (Fsp3) is 0.462. The van der Waals surface area contributed by atoms with E-state index in [1.54, 1.807) is 25.3 Å². The number of nitrogens with one attached hydrogen (secondary N) is 2. The van der Waals surface area contributed by atoms with Crippen LogP contribution >= 0.6 is 23.2 Å². The number of amides is 1. The van der Waals surface area contributed by atoms with E-state index in [9.17, 15) is 4.79 Å². The number of anilines is 1. The minimum absolute atomic E-state index is 0.181. The van der Waals surface area contributed by atoms with Gasteiger partial charge < -0.3 is 15.4 Å². The van der Waals surface area contributed by atoms with Gasteiger partial charge in [0.2, 0.25) is 5.91 Å². The van der Waals surface area contributed by atoms with Crippen molar-refractivity contribution in [2.75, 3.05) is 25.6 Å². The Morgan fingerprint density at radius 3 is 2.58 bits per heavy atom. The topological polar surface area (TPSA) is 50.4 Å². The van der Waals surface area contributed by atoms with E-state index in [0.717, 1.165) is 6.42 Å². The maximum Gasteiger partial charge on any atom is 0.238 e. The summed E-state index contributed by atoms with van der Waals surface area (Å²) in [4.78, 5) is 11.8. The molecule has 0 aliphatic rings. The van der Waals surface area contributed by atoms with Crippen molar-refractivity contribution in [1.29, 1.82) is 0 Å². The molecule has 0 saturated carbocycles. The quantitative estimate of drug-likeness (QED) is 0.814. The Kier molecular flexibility index (Phi) is 7.16. The molecule has 6 heteroatoms. The Hall–Kier alpha value is -0.810. The minimum Gasteiger partial charge on any atom is -0.385 e. The van der Waals surface area contributed by atoms with E-state index in [-0.39, 0.29) is 18.5 Å². The molecule has 0 saturated heterocycles. The van der Waals surface area contributed by atoms with Crippen LogP contribution in [0.15, 0.2) is 18.2 Å². The zero-order chi connectivity index (χ0) is 14.3. The molecule has 2 N–H and O–H groups in total. The number of para-hydroxylation sites is 1. The highest BCUT2D eigenvalue weighted by Crippen LogP contribution is 2.29. The lowest BCUT2D eigenvalue weighted by Gasteiger charge is -2.14. The van der Waals surface area contributed by atoms with Gasteiger partial charge in [-0.25, -0.2) is 0 Å². The highest BCUT2D eigenvalue weighted by Gasteiger charge is 2.10. The summed E-state index contributed by atoms with van der Waals surface area (Å²) in [6.45, 7) is 2.85. The molecule has 1 unspecified atom stereocenters. The van der Waals surface area contributed by atoms with Crippen LogP contribution in [0.3, 0.4) is 0 Å². The Balaban J connectivity index is 2.43. The number of carbonyl (C=O) groups is 1. The van der Waals surface area contributed by atoms with Crippen molar-refractivity contribution in [3.8, 4) is 0 Å². The summed E-state index contributed by atoms with van der Waals surface area (Å²) in [6.07, 6.45) is 0.844. The van der Waals surface area contributed by atoms with Gasteiger partial charge in [0.1, 0.15) is 0 Å². The Morgan fingerprint density at radius 2 is 2.00 bits per heavy atom. The first-order valence-electron chi connectivity index (χ1n) is 6.00. The van der Waals surface area contributed by atoms with Gasteiger partial charge in [0.05, 0.1) is 22.3 Å². The summed E-state index contributed by atoms with van der Waals surface area (Å²) in [5.74, 6) is -0.181. The molecule has 1 atom stereocenters. The molecule has 1 amide bonds. The summed E-state index contributed by atoms with van der Waals surface area (Å²) in [7, 11) is 1.65. The van der Waals surface area contributed by atoms with Gasteiger partial charge in [-0.2, -0.15) is 0 Å². The van der Waals surface area contributed by atoms with Gasteiger partial charge >= 0.3 is 0 Å². The largest absolute Gasteiger partial charge is 0.385 e. The molecular weight excluding hydrogens is 287 g/mol. The Morgan fingerprint density at radius 1 is 1.37 bits per heavy atom. The molecule has 0 spiro atoms. The highest BCUT2D eigenvalue weighted by atomic mass is 35.5. The number of rotatable bonds is 7. The predicted octanol–water partition coefficient (Wildman–Crippen LogP) is 2.95. The van der Waals surface area contributed by atoms with Crippen LogP contribution < -0.4 is 10.6 Å². The fourth-order valence-corrected chi connectivity index (χ4v) is 1.96. The first kappa shape index (κ1) is 16.2. The van der Waals surface area contributed by atoms with E-state index >= 15 is 0 Å². The second-order valence-electron chi connectivity index (χ2n) is 4.21. The van der Waals surface area contributed by atoms with Crippen LogP contribution in [0.1, 0.15) is 13.3 Å². The molecule has 0 radical (unpaired) electrons. The lowest BCUT2D eigenvalue weighted by Crippen LogP contribution is -2.35. The van der Waals surface area contributed by atoms with Crippen LogP contribution in [-0.2, 0) is 9.53 Å². The second kappa shape index (κ2) is 8.38. The third-order valence-electron chi connectivity index (χ3n) is 2.59. The standard InChI is InChI=1S/C13H18Cl2N2O2/c1-9(6-7-19-2)16-8-12(18)17-13-10(14)4-3-5-11(13)15/h3-5,9,16H,6-8H2,1-2H3,(H,17,18). The summed E-state index contributed by atoms with van der Waals surface area (Å²) in [6, 6.07) is 5.29. The molecule has 4 nitrogen and oxygen atoms in total. The zero-order valence-electron chi connectivity index (χ0n) is 11.0. The molecule has 106 valence electrons. The SMILES string of the molecule is COCCC(C)NCC(=O)Nc1c(Cl)cccc1Cl. The molecular formula is C13H18Cl2N2O2. The molecule has 0 aliphatic carbocycles. The van der Waals surface area contributed by atoms with Gasteiger partial charge in [-0.1, -0.05) is 29.3 Å². The molecule has 1 aromatic rings. The third-order valence-corrected chi connectivity index (χ3v) is 3.22. The van der Waals surface area contributed by atoms with E-state index in [2.05, 4.69) is 10.6 Å². The Bertz CT molecular complexity index is 407. The average molecular weight is 305 g/mol. The molecule has 0 heterocycles. The smallest absolute Gasteiger partial charge is 0.238 e. The predicted molar refractivity (Wildman–Crippen MR) is 79.0 cm³/mol. The van der Waals surface area contributed by atoms with Crippen LogP contribution in [0.5, 0.6) is 0 Å².